The second kappa shape index (κ2) is 4.58. The van der Waals surface area contributed by atoms with E-state index in [0.29, 0.717) is 6.04 Å². The van der Waals surface area contributed by atoms with Gasteiger partial charge in [0.2, 0.25) is 0 Å². The van der Waals surface area contributed by atoms with Gasteiger partial charge in [-0.2, -0.15) is 0 Å². The van der Waals surface area contributed by atoms with Crippen molar-refractivity contribution in [2.45, 2.75) is 25.8 Å². The van der Waals surface area contributed by atoms with Crippen LogP contribution in [0.2, 0.25) is 0 Å². The molecule has 0 saturated carbocycles. The number of hydrogen-bond acceptors (Lipinski definition) is 5. The third kappa shape index (κ3) is 2.12. The summed E-state index contributed by atoms with van der Waals surface area (Å²) >= 11 is 1.72. The third-order valence-electron chi connectivity index (χ3n) is 3.21. The second-order valence-corrected chi connectivity index (χ2v) is 5.37. The van der Waals surface area contributed by atoms with Crippen LogP contribution in [0.4, 0.5) is 5.82 Å². The molecular weight excluding hydrogens is 232 g/mol. The summed E-state index contributed by atoms with van der Waals surface area (Å²) in [5.41, 5.74) is 2.31. The molecule has 1 aliphatic rings. The lowest BCUT2D eigenvalue weighted by Gasteiger charge is -2.12. The average molecular weight is 248 g/mol. The maximum atomic E-state index is 4.34. The van der Waals surface area contributed by atoms with Crippen LogP contribution in [0.3, 0.4) is 0 Å². The molecule has 0 aromatic carbocycles. The summed E-state index contributed by atoms with van der Waals surface area (Å²) in [4.78, 5) is 8.67. The number of nitrogens with one attached hydrogen (secondary N) is 2. The molecule has 1 fully saturated rings. The Bertz CT molecular complexity index is 516. The van der Waals surface area contributed by atoms with Gasteiger partial charge in [-0.25, -0.2) is 9.97 Å². The van der Waals surface area contributed by atoms with Crippen LogP contribution in [-0.2, 0) is 0 Å². The van der Waals surface area contributed by atoms with Crippen molar-refractivity contribution in [1.82, 2.24) is 15.3 Å². The number of anilines is 1. The monoisotopic (exact) mass is 248 g/mol. The van der Waals surface area contributed by atoms with Gasteiger partial charge >= 0.3 is 0 Å². The van der Waals surface area contributed by atoms with E-state index in [2.05, 4.69) is 32.9 Å². The number of aromatic nitrogens is 2. The standard InChI is InChI=1S/C12H16N4S/c1-8-6-17-11-10(8)15-7-16-12(11)14-5-9-3-2-4-13-9/h6-7,9,13H,2-5H2,1H3,(H,14,15,16). The van der Waals surface area contributed by atoms with Gasteiger partial charge < -0.3 is 10.6 Å². The van der Waals surface area contributed by atoms with Crippen molar-refractivity contribution < 1.29 is 0 Å². The van der Waals surface area contributed by atoms with Crippen LogP contribution in [0.1, 0.15) is 18.4 Å². The van der Waals surface area contributed by atoms with Crippen molar-refractivity contribution in [2.75, 3.05) is 18.4 Å². The lowest BCUT2D eigenvalue weighted by Crippen LogP contribution is -2.29. The van der Waals surface area contributed by atoms with Crippen molar-refractivity contribution in [3.63, 3.8) is 0 Å². The van der Waals surface area contributed by atoms with Gasteiger partial charge in [-0.1, -0.05) is 0 Å². The van der Waals surface area contributed by atoms with Crippen molar-refractivity contribution in [3.8, 4) is 0 Å². The van der Waals surface area contributed by atoms with Gasteiger partial charge in [-0.15, -0.1) is 11.3 Å². The van der Waals surface area contributed by atoms with Crippen LogP contribution in [0.15, 0.2) is 11.7 Å². The Hall–Kier alpha value is -1.20. The van der Waals surface area contributed by atoms with Crippen LogP contribution < -0.4 is 10.6 Å². The summed E-state index contributed by atoms with van der Waals surface area (Å²) < 4.78 is 1.17. The van der Waals surface area contributed by atoms with E-state index in [1.807, 2.05) is 0 Å². The number of fused-ring (bicyclic) bond motifs is 1. The molecular formula is C12H16N4S. The SMILES string of the molecule is Cc1csc2c(NCC3CCCN3)ncnc12. The molecule has 0 aliphatic carbocycles. The highest BCUT2D eigenvalue weighted by Crippen LogP contribution is 2.28. The first kappa shape index (κ1) is 10.9. The number of rotatable bonds is 3. The molecule has 0 spiro atoms. The van der Waals surface area contributed by atoms with Crippen molar-refractivity contribution in [1.29, 1.82) is 0 Å². The minimum atomic E-state index is 0.584. The van der Waals surface area contributed by atoms with E-state index in [1.54, 1.807) is 17.7 Å². The molecule has 3 rings (SSSR count). The number of nitrogens with zero attached hydrogens (tertiary/aromatic N) is 2. The largest absolute Gasteiger partial charge is 0.367 e. The van der Waals surface area contributed by atoms with Gasteiger partial charge in [0.15, 0.2) is 0 Å². The summed E-state index contributed by atoms with van der Waals surface area (Å²) in [7, 11) is 0. The predicted octanol–water partition coefficient (Wildman–Crippen LogP) is 2.16. The molecule has 90 valence electrons. The van der Waals surface area contributed by atoms with E-state index in [0.717, 1.165) is 24.4 Å². The fourth-order valence-electron chi connectivity index (χ4n) is 2.25. The molecule has 0 bridgehead atoms. The first-order chi connectivity index (χ1) is 8.34. The molecule has 0 amide bonds. The molecule has 5 heteroatoms. The van der Waals surface area contributed by atoms with Crippen molar-refractivity contribution >= 4 is 27.4 Å². The summed E-state index contributed by atoms with van der Waals surface area (Å²) in [6.45, 7) is 4.18. The van der Waals surface area contributed by atoms with E-state index in [9.17, 15) is 0 Å². The molecule has 1 unspecified atom stereocenters. The molecule has 3 heterocycles. The molecule has 1 aliphatic heterocycles. The Balaban J connectivity index is 1.79. The minimum Gasteiger partial charge on any atom is -0.367 e. The van der Waals surface area contributed by atoms with Crippen LogP contribution in [-0.4, -0.2) is 29.1 Å². The minimum absolute atomic E-state index is 0.584. The van der Waals surface area contributed by atoms with E-state index < -0.39 is 0 Å². The fourth-order valence-corrected chi connectivity index (χ4v) is 3.21. The highest BCUT2D eigenvalue weighted by Gasteiger charge is 2.14. The van der Waals surface area contributed by atoms with E-state index in [-0.39, 0.29) is 0 Å². The number of thiophene rings is 1. The Morgan fingerprint density at radius 3 is 3.29 bits per heavy atom. The summed E-state index contributed by atoms with van der Waals surface area (Å²) in [6, 6.07) is 0.584. The van der Waals surface area contributed by atoms with Crippen molar-refractivity contribution in [3.05, 3.63) is 17.3 Å². The van der Waals surface area contributed by atoms with Gasteiger partial charge in [0.05, 0.1) is 10.2 Å². The maximum Gasteiger partial charge on any atom is 0.147 e. The zero-order valence-electron chi connectivity index (χ0n) is 9.86. The third-order valence-corrected chi connectivity index (χ3v) is 4.30. The van der Waals surface area contributed by atoms with Crippen molar-refractivity contribution in [2.24, 2.45) is 0 Å². The first-order valence-corrected chi connectivity index (χ1v) is 6.88. The topological polar surface area (TPSA) is 49.8 Å². The normalized spacial score (nSPS) is 19.9. The molecule has 17 heavy (non-hydrogen) atoms. The summed E-state index contributed by atoms with van der Waals surface area (Å²) in [5, 5.41) is 9.05. The Morgan fingerprint density at radius 2 is 2.47 bits per heavy atom. The number of aryl methyl sites for hydroxylation is 1. The highest BCUT2D eigenvalue weighted by atomic mass is 32.1. The van der Waals surface area contributed by atoms with Crippen LogP contribution in [0, 0.1) is 6.92 Å². The highest BCUT2D eigenvalue weighted by molar-refractivity contribution is 7.18. The van der Waals surface area contributed by atoms with E-state index in [1.165, 1.54) is 23.1 Å². The molecule has 1 atom stereocenters. The fraction of sp³-hybridized carbons (Fsp3) is 0.500. The van der Waals surface area contributed by atoms with Gasteiger partial charge in [-0.3, -0.25) is 0 Å². The van der Waals surface area contributed by atoms with Gasteiger partial charge in [0.25, 0.3) is 0 Å². The van der Waals surface area contributed by atoms with Crippen LogP contribution >= 0.6 is 11.3 Å². The lowest BCUT2D eigenvalue weighted by molar-refractivity contribution is 0.633. The Labute approximate surface area is 104 Å². The average Bonchev–Trinajstić information content (AvgIpc) is 2.97. The molecule has 4 nitrogen and oxygen atoms in total. The van der Waals surface area contributed by atoms with Gasteiger partial charge in [0, 0.05) is 12.6 Å². The second-order valence-electron chi connectivity index (χ2n) is 4.49. The first-order valence-electron chi connectivity index (χ1n) is 6.00. The van der Waals surface area contributed by atoms with Gasteiger partial charge in [-0.05, 0) is 37.3 Å². The predicted molar refractivity (Wildman–Crippen MR) is 71.7 cm³/mol. The smallest absolute Gasteiger partial charge is 0.147 e. The van der Waals surface area contributed by atoms with Crippen LogP contribution in [0.25, 0.3) is 10.2 Å². The quantitative estimate of drug-likeness (QED) is 0.874. The van der Waals surface area contributed by atoms with E-state index in [4.69, 9.17) is 0 Å². The molecule has 2 aromatic heterocycles. The maximum absolute atomic E-state index is 4.34. The Kier molecular flexibility index (Phi) is 2.94. The van der Waals surface area contributed by atoms with E-state index >= 15 is 0 Å². The van der Waals surface area contributed by atoms with Gasteiger partial charge in [0.1, 0.15) is 12.1 Å². The zero-order valence-corrected chi connectivity index (χ0v) is 10.7. The lowest BCUT2D eigenvalue weighted by atomic mass is 10.2. The zero-order chi connectivity index (χ0) is 11.7. The molecule has 2 N–H and O–H groups in total. The summed E-state index contributed by atoms with van der Waals surface area (Å²) in [6.07, 6.45) is 4.18. The Morgan fingerprint density at radius 1 is 1.53 bits per heavy atom. The molecule has 0 radical (unpaired) electrons. The molecule has 1 saturated heterocycles. The van der Waals surface area contributed by atoms with Crippen LogP contribution in [0.5, 0.6) is 0 Å². The number of hydrogen-bond donors (Lipinski definition) is 2. The molecule has 2 aromatic rings. The summed E-state index contributed by atoms with van der Waals surface area (Å²) in [5.74, 6) is 0.974.